The van der Waals surface area contributed by atoms with E-state index in [0.29, 0.717) is 13.0 Å². The number of ether oxygens (including phenoxy) is 1. The molecule has 0 spiro atoms. The first-order chi connectivity index (χ1) is 8.63. The molecule has 1 aromatic carbocycles. The van der Waals surface area contributed by atoms with Gasteiger partial charge in [0, 0.05) is 11.0 Å². The van der Waals surface area contributed by atoms with Crippen LogP contribution in [0.1, 0.15) is 19.4 Å². The maximum atomic E-state index is 9.33. The maximum Gasteiger partial charge on any atom is 0.119 e. The highest BCUT2D eigenvalue weighted by molar-refractivity contribution is 7.99. The second kappa shape index (κ2) is 8.02. The summed E-state index contributed by atoms with van der Waals surface area (Å²) >= 11 is 1.70. The van der Waals surface area contributed by atoms with Gasteiger partial charge in [0.15, 0.2) is 0 Å². The third kappa shape index (κ3) is 5.44. The monoisotopic (exact) mass is 265 g/mol. The fourth-order valence-electron chi connectivity index (χ4n) is 1.33. The third-order valence-electron chi connectivity index (χ3n) is 2.62. The Kier molecular flexibility index (Phi) is 6.63. The largest absolute Gasteiger partial charge is 0.493 e. The second-order valence-corrected chi connectivity index (χ2v) is 5.63. The average Bonchev–Trinajstić information content (AvgIpc) is 2.36. The summed E-state index contributed by atoms with van der Waals surface area (Å²) in [6.07, 6.45) is 0.141. The predicted octanol–water partition coefficient (Wildman–Crippen LogP) is 2.63. The van der Waals surface area contributed by atoms with Crippen LogP contribution in [0.3, 0.4) is 0 Å². The van der Waals surface area contributed by atoms with Gasteiger partial charge in [-0.05, 0) is 24.6 Å². The highest BCUT2D eigenvalue weighted by Gasteiger charge is 2.08. The molecule has 1 rings (SSSR count). The van der Waals surface area contributed by atoms with Gasteiger partial charge in [0.05, 0.1) is 25.2 Å². The Morgan fingerprint density at radius 3 is 2.56 bits per heavy atom. The van der Waals surface area contributed by atoms with Gasteiger partial charge >= 0.3 is 0 Å². The molecule has 0 radical (unpaired) electrons. The third-order valence-corrected chi connectivity index (χ3v) is 3.94. The van der Waals surface area contributed by atoms with Crippen molar-refractivity contribution in [3.8, 4) is 11.8 Å². The van der Waals surface area contributed by atoms with Gasteiger partial charge in [0.25, 0.3) is 0 Å². The highest BCUT2D eigenvalue weighted by atomic mass is 32.2. The van der Waals surface area contributed by atoms with Crippen LogP contribution in [0.15, 0.2) is 24.3 Å². The normalized spacial score (nSPS) is 13.7. The minimum atomic E-state index is -0.291. The molecular formula is C14H19NO2S. The van der Waals surface area contributed by atoms with Crippen molar-refractivity contribution in [2.24, 2.45) is 0 Å². The molecule has 0 amide bonds. The van der Waals surface area contributed by atoms with E-state index >= 15 is 0 Å². The lowest BCUT2D eigenvalue weighted by Gasteiger charge is -2.14. The number of hydrogen-bond acceptors (Lipinski definition) is 4. The summed E-state index contributed by atoms with van der Waals surface area (Å²) in [4.78, 5) is 0. The van der Waals surface area contributed by atoms with Crippen molar-refractivity contribution < 1.29 is 9.84 Å². The Morgan fingerprint density at radius 2 is 2.00 bits per heavy atom. The van der Waals surface area contributed by atoms with Crippen LogP contribution in [0.25, 0.3) is 0 Å². The summed E-state index contributed by atoms with van der Waals surface area (Å²) in [5.74, 6) is 1.67. The Labute approximate surface area is 113 Å². The van der Waals surface area contributed by atoms with Gasteiger partial charge in [-0.2, -0.15) is 17.0 Å². The lowest BCUT2D eigenvalue weighted by molar-refractivity contribution is 0.196. The first-order valence-corrected chi connectivity index (χ1v) is 7.06. The SMILES string of the molecule is CC(O)C(C)SCCOc1ccc(CC#N)cc1. The summed E-state index contributed by atoms with van der Waals surface area (Å²) < 4.78 is 5.58. The van der Waals surface area contributed by atoms with Crippen molar-refractivity contribution >= 4 is 11.8 Å². The second-order valence-electron chi connectivity index (χ2n) is 4.14. The summed E-state index contributed by atoms with van der Waals surface area (Å²) in [6.45, 7) is 4.43. The van der Waals surface area contributed by atoms with Crippen LogP contribution in [0.5, 0.6) is 5.75 Å². The molecule has 0 aliphatic heterocycles. The van der Waals surface area contributed by atoms with Gasteiger partial charge in [-0.15, -0.1) is 0 Å². The van der Waals surface area contributed by atoms with E-state index in [0.717, 1.165) is 17.1 Å². The van der Waals surface area contributed by atoms with Crippen LogP contribution in [-0.4, -0.2) is 28.8 Å². The first-order valence-electron chi connectivity index (χ1n) is 6.02. The Morgan fingerprint density at radius 1 is 1.33 bits per heavy atom. The Bertz CT molecular complexity index is 384. The number of thioether (sulfide) groups is 1. The molecule has 0 saturated carbocycles. The van der Waals surface area contributed by atoms with Crippen LogP contribution in [0, 0.1) is 11.3 Å². The van der Waals surface area contributed by atoms with E-state index < -0.39 is 0 Å². The topological polar surface area (TPSA) is 53.2 Å². The molecule has 0 aromatic heterocycles. The number of nitrogens with zero attached hydrogens (tertiary/aromatic N) is 1. The molecule has 0 fully saturated rings. The molecule has 18 heavy (non-hydrogen) atoms. The van der Waals surface area contributed by atoms with Crippen LogP contribution in [0.4, 0.5) is 0 Å². The Hall–Kier alpha value is -1.18. The van der Waals surface area contributed by atoms with Crippen molar-refractivity contribution in [3.05, 3.63) is 29.8 Å². The molecule has 0 bridgehead atoms. The van der Waals surface area contributed by atoms with Crippen LogP contribution in [0.2, 0.25) is 0 Å². The molecular weight excluding hydrogens is 246 g/mol. The molecule has 2 atom stereocenters. The lowest BCUT2D eigenvalue weighted by Crippen LogP contribution is -2.17. The zero-order valence-electron chi connectivity index (χ0n) is 10.8. The molecule has 0 aliphatic carbocycles. The van der Waals surface area contributed by atoms with Crippen molar-refractivity contribution in [1.82, 2.24) is 0 Å². The molecule has 0 aliphatic rings. The molecule has 2 unspecified atom stereocenters. The number of aliphatic hydroxyl groups is 1. The Balaban J connectivity index is 2.25. The zero-order valence-corrected chi connectivity index (χ0v) is 11.6. The van der Waals surface area contributed by atoms with Gasteiger partial charge in [-0.25, -0.2) is 0 Å². The minimum absolute atomic E-state index is 0.228. The summed E-state index contributed by atoms with van der Waals surface area (Å²) in [5.41, 5.74) is 1.00. The van der Waals surface area contributed by atoms with Gasteiger partial charge < -0.3 is 9.84 Å². The zero-order chi connectivity index (χ0) is 13.4. The summed E-state index contributed by atoms with van der Waals surface area (Å²) in [5, 5.41) is 18.1. The van der Waals surface area contributed by atoms with Gasteiger partial charge in [-0.1, -0.05) is 19.1 Å². The van der Waals surface area contributed by atoms with Crippen molar-refractivity contribution in [2.45, 2.75) is 31.6 Å². The predicted molar refractivity (Wildman–Crippen MR) is 74.9 cm³/mol. The van der Waals surface area contributed by atoms with E-state index in [1.165, 1.54) is 0 Å². The van der Waals surface area contributed by atoms with E-state index in [1.54, 1.807) is 18.7 Å². The fourth-order valence-corrected chi connectivity index (χ4v) is 2.16. The molecule has 1 N–H and O–H groups in total. The molecule has 98 valence electrons. The molecule has 3 nitrogen and oxygen atoms in total. The lowest BCUT2D eigenvalue weighted by atomic mass is 10.2. The van der Waals surface area contributed by atoms with E-state index in [1.807, 2.05) is 31.2 Å². The van der Waals surface area contributed by atoms with Gasteiger partial charge in [-0.3, -0.25) is 0 Å². The number of hydrogen-bond donors (Lipinski definition) is 1. The van der Waals surface area contributed by atoms with Crippen LogP contribution in [-0.2, 0) is 6.42 Å². The molecule has 1 aromatic rings. The minimum Gasteiger partial charge on any atom is -0.493 e. The number of nitriles is 1. The smallest absolute Gasteiger partial charge is 0.119 e. The van der Waals surface area contributed by atoms with E-state index in [4.69, 9.17) is 10.00 Å². The van der Waals surface area contributed by atoms with Gasteiger partial charge in [0.1, 0.15) is 5.75 Å². The van der Waals surface area contributed by atoms with E-state index in [2.05, 4.69) is 6.07 Å². The van der Waals surface area contributed by atoms with Crippen molar-refractivity contribution in [1.29, 1.82) is 5.26 Å². The average molecular weight is 265 g/mol. The van der Waals surface area contributed by atoms with Crippen molar-refractivity contribution in [2.75, 3.05) is 12.4 Å². The summed E-state index contributed by atoms with van der Waals surface area (Å²) in [6, 6.07) is 9.69. The number of rotatable bonds is 7. The van der Waals surface area contributed by atoms with E-state index in [-0.39, 0.29) is 11.4 Å². The van der Waals surface area contributed by atoms with Gasteiger partial charge in [0.2, 0.25) is 0 Å². The standard InChI is InChI=1S/C14H19NO2S/c1-11(16)12(2)18-10-9-17-14-5-3-13(4-6-14)7-8-15/h3-6,11-12,16H,7,9-10H2,1-2H3. The number of aliphatic hydroxyl groups excluding tert-OH is 1. The summed E-state index contributed by atoms with van der Waals surface area (Å²) in [7, 11) is 0. The highest BCUT2D eigenvalue weighted by Crippen LogP contribution is 2.16. The molecule has 0 saturated heterocycles. The molecule has 4 heteroatoms. The van der Waals surface area contributed by atoms with Crippen LogP contribution >= 0.6 is 11.8 Å². The molecule has 0 heterocycles. The van der Waals surface area contributed by atoms with Crippen molar-refractivity contribution in [3.63, 3.8) is 0 Å². The fraction of sp³-hybridized carbons (Fsp3) is 0.500. The maximum absolute atomic E-state index is 9.33. The van der Waals surface area contributed by atoms with E-state index in [9.17, 15) is 5.11 Å². The quantitative estimate of drug-likeness (QED) is 0.770. The van der Waals surface area contributed by atoms with Crippen LogP contribution < -0.4 is 4.74 Å². The first kappa shape index (κ1) is 14.9. The number of benzene rings is 1.